The van der Waals surface area contributed by atoms with E-state index >= 15 is 0 Å². The number of aliphatic hydroxyl groups is 2. The second-order valence-corrected chi connectivity index (χ2v) is 7.99. The Morgan fingerprint density at radius 1 is 1.03 bits per heavy atom. The number of hydrogen-bond donors (Lipinski definition) is 3. The molecular weight excluding hydrogens is 412 g/mol. The Morgan fingerprint density at radius 2 is 1.81 bits per heavy atom. The fourth-order valence-electron chi connectivity index (χ4n) is 4.46. The summed E-state index contributed by atoms with van der Waals surface area (Å²) in [7, 11) is 0. The Bertz CT molecular complexity index is 1660. The second kappa shape index (κ2) is 6.92. The van der Waals surface area contributed by atoms with Crippen molar-refractivity contribution in [1.29, 1.82) is 0 Å². The average molecular weight is 430 g/mol. The van der Waals surface area contributed by atoms with Crippen molar-refractivity contribution in [1.82, 2.24) is 19.5 Å². The lowest BCUT2D eigenvalue weighted by Gasteiger charge is -2.16. The third-order valence-electron chi connectivity index (χ3n) is 6.05. The molecule has 0 amide bonds. The van der Waals surface area contributed by atoms with Gasteiger partial charge in [-0.05, 0) is 34.4 Å². The van der Waals surface area contributed by atoms with Gasteiger partial charge >= 0.3 is 5.69 Å². The van der Waals surface area contributed by atoms with E-state index in [4.69, 9.17) is 4.74 Å². The zero-order valence-corrected chi connectivity index (χ0v) is 16.7. The van der Waals surface area contributed by atoms with Crippen LogP contribution in [0.1, 0.15) is 12.6 Å². The van der Waals surface area contributed by atoms with Crippen LogP contribution in [0.3, 0.4) is 0 Å². The van der Waals surface area contributed by atoms with Crippen molar-refractivity contribution in [3.63, 3.8) is 0 Å². The lowest BCUT2D eigenvalue weighted by Crippen LogP contribution is -2.34. The first-order chi connectivity index (χ1) is 15.5. The van der Waals surface area contributed by atoms with Gasteiger partial charge in [0.25, 0.3) is 5.56 Å². The molecule has 9 nitrogen and oxygen atoms in total. The Morgan fingerprint density at radius 3 is 2.56 bits per heavy atom. The molecule has 0 spiro atoms. The highest BCUT2D eigenvalue weighted by molar-refractivity contribution is 6.10. The lowest BCUT2D eigenvalue weighted by atomic mass is 10.0. The molecule has 5 aromatic rings. The number of nitrogens with one attached hydrogen (secondary N) is 1. The predicted molar refractivity (Wildman–Crippen MR) is 119 cm³/mol. The Hall–Kier alpha value is -3.66. The maximum atomic E-state index is 12.7. The van der Waals surface area contributed by atoms with Crippen LogP contribution in [0.15, 0.2) is 58.1 Å². The summed E-state index contributed by atoms with van der Waals surface area (Å²) in [6.45, 7) is -0.387. The molecule has 3 atom stereocenters. The highest BCUT2D eigenvalue weighted by Gasteiger charge is 2.36. The van der Waals surface area contributed by atoms with Gasteiger partial charge in [0.15, 0.2) is 11.2 Å². The van der Waals surface area contributed by atoms with Gasteiger partial charge < -0.3 is 14.9 Å². The molecule has 3 aromatic carbocycles. The van der Waals surface area contributed by atoms with Crippen molar-refractivity contribution in [3.8, 4) is 0 Å². The quantitative estimate of drug-likeness (QED) is 0.286. The van der Waals surface area contributed by atoms with Crippen molar-refractivity contribution in [3.05, 3.63) is 69.4 Å². The number of aromatic amines is 1. The fraction of sp³-hybridized carbons (Fsp3) is 0.217. The van der Waals surface area contributed by atoms with Gasteiger partial charge in [0.1, 0.15) is 12.3 Å². The van der Waals surface area contributed by atoms with E-state index in [1.807, 2.05) is 36.4 Å². The van der Waals surface area contributed by atoms with Gasteiger partial charge in [-0.3, -0.25) is 9.78 Å². The minimum Gasteiger partial charge on any atom is -0.394 e. The molecule has 6 rings (SSSR count). The molecule has 0 aliphatic carbocycles. The number of H-pyrrole nitrogens is 1. The summed E-state index contributed by atoms with van der Waals surface area (Å²) >= 11 is 0. The van der Waals surface area contributed by atoms with Crippen LogP contribution in [-0.2, 0) is 4.74 Å². The highest BCUT2D eigenvalue weighted by Crippen LogP contribution is 2.31. The van der Waals surface area contributed by atoms with Crippen LogP contribution in [-0.4, -0.2) is 48.5 Å². The van der Waals surface area contributed by atoms with E-state index in [9.17, 15) is 19.8 Å². The minimum atomic E-state index is -0.940. The van der Waals surface area contributed by atoms with Gasteiger partial charge in [0.2, 0.25) is 0 Å². The summed E-state index contributed by atoms with van der Waals surface area (Å²) in [5.74, 6) is 0. The molecule has 2 aromatic heterocycles. The molecule has 1 aliphatic rings. The van der Waals surface area contributed by atoms with Crippen LogP contribution in [0.2, 0.25) is 0 Å². The van der Waals surface area contributed by atoms with Crippen LogP contribution in [0.25, 0.3) is 43.7 Å². The summed E-state index contributed by atoms with van der Waals surface area (Å²) in [5, 5.41) is 23.4. The third-order valence-corrected chi connectivity index (χ3v) is 6.05. The molecule has 1 saturated heterocycles. The standard InChI is InChI=1S/C23H18N4O5/c28-10-17-16(29)9-18(32-17)27-21-20(22(30)26-23(27)31)25-19-14-8-12-4-2-1-3-11(12)7-13(14)5-6-15(19)24-21/h1-8,16-18,28-29H,9-10H2,(H,26,30,31)/t16-,17+,18+/m0/s1. The smallest absolute Gasteiger partial charge is 0.332 e. The predicted octanol–water partition coefficient (Wildman–Crippen LogP) is 1.58. The Kier molecular flexibility index (Phi) is 4.12. The van der Waals surface area contributed by atoms with Crippen molar-refractivity contribution >= 4 is 43.7 Å². The Balaban J connectivity index is 1.66. The zero-order chi connectivity index (χ0) is 22.0. The molecule has 3 heterocycles. The van der Waals surface area contributed by atoms with Crippen LogP contribution in [0.4, 0.5) is 0 Å². The first kappa shape index (κ1) is 19.1. The van der Waals surface area contributed by atoms with E-state index < -0.39 is 29.7 Å². The Labute approximate surface area is 179 Å². The summed E-state index contributed by atoms with van der Waals surface area (Å²) in [4.78, 5) is 36.8. The first-order valence-corrected chi connectivity index (χ1v) is 10.3. The van der Waals surface area contributed by atoms with Crippen LogP contribution in [0.5, 0.6) is 0 Å². The van der Waals surface area contributed by atoms with E-state index in [0.717, 1.165) is 21.5 Å². The SMILES string of the molecule is O=c1[nH]c(=O)n([C@H]2C[C@H](O)[C@@H](CO)O2)c2nc3ccc4cc5ccccc5cc4c3nc12. The molecule has 1 fully saturated rings. The molecule has 1 aliphatic heterocycles. The largest absolute Gasteiger partial charge is 0.394 e. The monoisotopic (exact) mass is 430 g/mol. The summed E-state index contributed by atoms with van der Waals surface area (Å²) in [5.41, 5.74) is -0.205. The van der Waals surface area contributed by atoms with E-state index in [2.05, 4.69) is 21.0 Å². The van der Waals surface area contributed by atoms with Crippen molar-refractivity contribution in [2.24, 2.45) is 0 Å². The van der Waals surface area contributed by atoms with Crippen molar-refractivity contribution in [2.75, 3.05) is 6.61 Å². The average Bonchev–Trinajstić information content (AvgIpc) is 3.16. The van der Waals surface area contributed by atoms with Crippen LogP contribution >= 0.6 is 0 Å². The highest BCUT2D eigenvalue weighted by atomic mass is 16.5. The topological polar surface area (TPSA) is 130 Å². The third kappa shape index (κ3) is 2.76. The molecule has 160 valence electrons. The maximum Gasteiger partial charge on any atom is 0.332 e. The molecule has 32 heavy (non-hydrogen) atoms. The van der Waals surface area contributed by atoms with E-state index in [1.165, 1.54) is 4.57 Å². The van der Waals surface area contributed by atoms with Gasteiger partial charge in [-0.1, -0.05) is 30.3 Å². The number of nitrogens with zero attached hydrogens (tertiary/aromatic N) is 3. The zero-order valence-electron chi connectivity index (χ0n) is 16.7. The van der Waals surface area contributed by atoms with Gasteiger partial charge in [0.05, 0.1) is 23.7 Å². The molecular formula is C23H18N4O5. The minimum absolute atomic E-state index is 0.00305. The second-order valence-electron chi connectivity index (χ2n) is 7.99. The van der Waals surface area contributed by atoms with Crippen LogP contribution < -0.4 is 11.2 Å². The maximum absolute atomic E-state index is 12.7. The number of hydrogen-bond acceptors (Lipinski definition) is 7. The number of aromatic nitrogens is 4. The fourth-order valence-corrected chi connectivity index (χ4v) is 4.46. The van der Waals surface area contributed by atoms with Gasteiger partial charge in [-0.2, -0.15) is 0 Å². The van der Waals surface area contributed by atoms with Gasteiger partial charge in [-0.15, -0.1) is 0 Å². The molecule has 0 unspecified atom stereocenters. The molecule has 0 bridgehead atoms. The summed E-state index contributed by atoms with van der Waals surface area (Å²) in [6.07, 6.45) is -2.57. The summed E-state index contributed by atoms with van der Waals surface area (Å²) < 4.78 is 6.83. The number of aliphatic hydroxyl groups excluding tert-OH is 2. The first-order valence-electron chi connectivity index (χ1n) is 10.3. The van der Waals surface area contributed by atoms with E-state index in [-0.39, 0.29) is 24.2 Å². The lowest BCUT2D eigenvalue weighted by molar-refractivity contribution is -0.0445. The van der Waals surface area contributed by atoms with Gasteiger partial charge in [-0.25, -0.2) is 19.3 Å². The van der Waals surface area contributed by atoms with Gasteiger partial charge in [0, 0.05) is 11.8 Å². The normalized spacial score (nSPS) is 21.2. The van der Waals surface area contributed by atoms with E-state index in [0.29, 0.717) is 11.0 Å². The number of benzene rings is 3. The summed E-state index contributed by atoms with van der Waals surface area (Å²) in [6, 6.07) is 15.8. The number of ether oxygens (including phenoxy) is 1. The van der Waals surface area contributed by atoms with Crippen molar-refractivity contribution in [2.45, 2.75) is 24.9 Å². The van der Waals surface area contributed by atoms with Crippen LogP contribution in [0, 0.1) is 0 Å². The number of fused-ring (bicyclic) bond motifs is 5. The van der Waals surface area contributed by atoms with E-state index in [1.54, 1.807) is 6.07 Å². The molecule has 3 N–H and O–H groups in total. The molecule has 0 radical (unpaired) electrons. The molecule has 9 heteroatoms. The molecule has 0 saturated carbocycles. The van der Waals surface area contributed by atoms with Crippen molar-refractivity contribution < 1.29 is 14.9 Å². The number of rotatable bonds is 2.